The van der Waals surface area contributed by atoms with Gasteiger partial charge in [0.05, 0.1) is 11.4 Å². The molecule has 2 N–H and O–H groups in total. The van der Waals surface area contributed by atoms with Gasteiger partial charge in [-0.25, -0.2) is 9.97 Å². The van der Waals surface area contributed by atoms with Crippen molar-refractivity contribution < 1.29 is 0 Å². The molecule has 0 spiro atoms. The zero-order valence-electron chi connectivity index (χ0n) is 8.46. The van der Waals surface area contributed by atoms with Crippen LogP contribution in [0.25, 0.3) is 11.3 Å². The lowest BCUT2D eigenvalue weighted by Crippen LogP contribution is -2.07. The summed E-state index contributed by atoms with van der Waals surface area (Å²) in [6.45, 7) is 1.90. The molecule has 0 radical (unpaired) electrons. The molecule has 1 unspecified atom stereocenters. The van der Waals surface area contributed by atoms with E-state index >= 15 is 0 Å². The quantitative estimate of drug-likeness (QED) is 0.799. The number of hydrogen-bond donors (Lipinski definition) is 1. The fourth-order valence-electron chi connectivity index (χ4n) is 1.29. The third kappa shape index (κ3) is 2.16. The highest BCUT2D eigenvalue weighted by atomic mass is 14.9. The molecule has 0 aliphatic heterocycles. The van der Waals surface area contributed by atoms with Crippen molar-refractivity contribution in [1.29, 1.82) is 0 Å². The van der Waals surface area contributed by atoms with E-state index in [4.69, 9.17) is 5.73 Å². The zero-order valence-corrected chi connectivity index (χ0v) is 8.46. The summed E-state index contributed by atoms with van der Waals surface area (Å²) < 4.78 is 0. The maximum atomic E-state index is 5.75. The smallest absolute Gasteiger partial charge is 0.116 e. The van der Waals surface area contributed by atoms with E-state index in [1.807, 2.05) is 25.1 Å². The first kappa shape index (κ1) is 9.73. The van der Waals surface area contributed by atoms with Crippen LogP contribution in [0, 0.1) is 0 Å². The maximum absolute atomic E-state index is 5.75. The van der Waals surface area contributed by atoms with Crippen molar-refractivity contribution in [3.63, 3.8) is 0 Å². The van der Waals surface area contributed by atoms with Gasteiger partial charge in [0.1, 0.15) is 6.33 Å². The molecule has 2 aromatic heterocycles. The first-order valence-corrected chi connectivity index (χ1v) is 4.75. The normalized spacial score (nSPS) is 12.4. The minimum absolute atomic E-state index is 0.0802. The first-order chi connectivity index (χ1) is 7.27. The highest BCUT2D eigenvalue weighted by molar-refractivity contribution is 5.57. The highest BCUT2D eigenvalue weighted by Gasteiger charge is 2.04. The zero-order chi connectivity index (χ0) is 10.7. The van der Waals surface area contributed by atoms with Gasteiger partial charge in [0.2, 0.25) is 0 Å². The Kier molecular flexibility index (Phi) is 2.69. The molecule has 1 atom stereocenters. The molecule has 2 heterocycles. The molecule has 0 amide bonds. The topological polar surface area (TPSA) is 64.7 Å². The van der Waals surface area contributed by atoms with Gasteiger partial charge in [-0.1, -0.05) is 0 Å². The summed E-state index contributed by atoms with van der Waals surface area (Å²) in [6.07, 6.45) is 5.03. The molecule has 2 aromatic rings. The number of pyridine rings is 1. The lowest BCUT2D eigenvalue weighted by Gasteiger charge is -2.05. The molecule has 0 fully saturated rings. The largest absolute Gasteiger partial charge is 0.323 e. The molecule has 0 aliphatic rings. The predicted molar refractivity (Wildman–Crippen MR) is 57.9 cm³/mol. The SMILES string of the molecule is CC(N)c1cc(-c2cccnc2)ncn1. The highest BCUT2D eigenvalue weighted by Crippen LogP contribution is 2.16. The molecule has 15 heavy (non-hydrogen) atoms. The van der Waals surface area contributed by atoms with Crippen LogP contribution in [0.15, 0.2) is 36.9 Å². The summed E-state index contributed by atoms with van der Waals surface area (Å²) in [5, 5.41) is 0. The maximum Gasteiger partial charge on any atom is 0.116 e. The third-order valence-corrected chi connectivity index (χ3v) is 2.11. The second-order valence-corrected chi connectivity index (χ2v) is 3.36. The van der Waals surface area contributed by atoms with Crippen LogP contribution in [-0.2, 0) is 0 Å². The Balaban J connectivity index is 2.42. The fourth-order valence-corrected chi connectivity index (χ4v) is 1.29. The van der Waals surface area contributed by atoms with Gasteiger partial charge in [-0.15, -0.1) is 0 Å². The second-order valence-electron chi connectivity index (χ2n) is 3.36. The molecule has 4 heteroatoms. The van der Waals surface area contributed by atoms with Gasteiger partial charge in [0.25, 0.3) is 0 Å². The van der Waals surface area contributed by atoms with E-state index in [2.05, 4.69) is 15.0 Å². The van der Waals surface area contributed by atoms with E-state index in [1.165, 1.54) is 6.33 Å². The molecular weight excluding hydrogens is 188 g/mol. The van der Waals surface area contributed by atoms with Gasteiger partial charge < -0.3 is 5.73 Å². The van der Waals surface area contributed by atoms with E-state index in [1.54, 1.807) is 12.4 Å². The monoisotopic (exact) mass is 200 g/mol. The van der Waals surface area contributed by atoms with E-state index in [9.17, 15) is 0 Å². The summed E-state index contributed by atoms with van der Waals surface area (Å²) in [4.78, 5) is 12.3. The number of nitrogens with two attached hydrogens (primary N) is 1. The number of aromatic nitrogens is 3. The van der Waals surface area contributed by atoms with Crippen LogP contribution < -0.4 is 5.73 Å². The molecular formula is C11H12N4. The van der Waals surface area contributed by atoms with Crippen molar-refractivity contribution in [3.8, 4) is 11.3 Å². The minimum Gasteiger partial charge on any atom is -0.323 e. The Bertz CT molecular complexity index is 439. The number of rotatable bonds is 2. The van der Waals surface area contributed by atoms with Gasteiger partial charge in [0.15, 0.2) is 0 Å². The summed E-state index contributed by atoms with van der Waals surface area (Å²) in [6, 6.07) is 5.65. The third-order valence-electron chi connectivity index (χ3n) is 2.11. The van der Waals surface area contributed by atoms with Crippen molar-refractivity contribution in [2.45, 2.75) is 13.0 Å². The van der Waals surface area contributed by atoms with Gasteiger partial charge in [-0.3, -0.25) is 4.98 Å². The summed E-state index contributed by atoms with van der Waals surface area (Å²) in [5.41, 5.74) is 8.42. The second kappa shape index (κ2) is 4.14. The Hall–Kier alpha value is -1.81. The van der Waals surface area contributed by atoms with Crippen LogP contribution in [0.4, 0.5) is 0 Å². The van der Waals surface area contributed by atoms with Crippen LogP contribution in [0.1, 0.15) is 18.7 Å². The van der Waals surface area contributed by atoms with E-state index in [-0.39, 0.29) is 6.04 Å². The van der Waals surface area contributed by atoms with Crippen molar-refractivity contribution in [2.75, 3.05) is 0 Å². The van der Waals surface area contributed by atoms with Crippen LogP contribution in [0.3, 0.4) is 0 Å². The molecule has 2 rings (SSSR count). The summed E-state index contributed by atoms with van der Waals surface area (Å²) in [7, 11) is 0. The summed E-state index contributed by atoms with van der Waals surface area (Å²) >= 11 is 0. The van der Waals surface area contributed by atoms with Crippen molar-refractivity contribution in [3.05, 3.63) is 42.6 Å². The lowest BCUT2D eigenvalue weighted by molar-refractivity contribution is 0.775. The Labute approximate surface area is 88.2 Å². The van der Waals surface area contributed by atoms with Gasteiger partial charge in [-0.2, -0.15) is 0 Å². The average Bonchev–Trinajstić information content (AvgIpc) is 2.30. The van der Waals surface area contributed by atoms with Crippen LogP contribution in [0.2, 0.25) is 0 Å². The van der Waals surface area contributed by atoms with E-state index in [0.717, 1.165) is 17.0 Å². The lowest BCUT2D eigenvalue weighted by atomic mass is 10.1. The number of hydrogen-bond acceptors (Lipinski definition) is 4. The van der Waals surface area contributed by atoms with Crippen LogP contribution in [-0.4, -0.2) is 15.0 Å². The summed E-state index contributed by atoms with van der Waals surface area (Å²) in [5.74, 6) is 0. The molecule has 0 bridgehead atoms. The van der Waals surface area contributed by atoms with E-state index in [0.29, 0.717) is 0 Å². The first-order valence-electron chi connectivity index (χ1n) is 4.75. The van der Waals surface area contributed by atoms with Crippen LogP contribution in [0.5, 0.6) is 0 Å². The van der Waals surface area contributed by atoms with Crippen molar-refractivity contribution >= 4 is 0 Å². The molecule has 76 valence electrons. The standard InChI is InChI=1S/C11H12N4/c1-8(12)10-5-11(15-7-14-10)9-3-2-4-13-6-9/h2-8H,12H2,1H3. The molecule has 0 saturated heterocycles. The van der Waals surface area contributed by atoms with Gasteiger partial charge in [0, 0.05) is 24.0 Å². The van der Waals surface area contributed by atoms with Crippen LogP contribution >= 0.6 is 0 Å². The average molecular weight is 200 g/mol. The Morgan fingerprint density at radius 3 is 2.87 bits per heavy atom. The van der Waals surface area contributed by atoms with E-state index < -0.39 is 0 Å². The van der Waals surface area contributed by atoms with Crippen molar-refractivity contribution in [2.24, 2.45) is 5.73 Å². The fraction of sp³-hybridized carbons (Fsp3) is 0.182. The van der Waals surface area contributed by atoms with Gasteiger partial charge >= 0.3 is 0 Å². The van der Waals surface area contributed by atoms with Crippen molar-refractivity contribution in [1.82, 2.24) is 15.0 Å². The molecule has 0 aromatic carbocycles. The molecule has 4 nitrogen and oxygen atoms in total. The Morgan fingerprint density at radius 1 is 1.33 bits per heavy atom. The molecule has 0 aliphatic carbocycles. The van der Waals surface area contributed by atoms with Gasteiger partial charge in [-0.05, 0) is 25.1 Å². The Morgan fingerprint density at radius 2 is 2.20 bits per heavy atom. The minimum atomic E-state index is -0.0802. The predicted octanol–water partition coefficient (Wildman–Crippen LogP) is 1.56. The number of nitrogens with zero attached hydrogens (tertiary/aromatic N) is 3. The molecule has 0 saturated carbocycles.